The van der Waals surface area contributed by atoms with Gasteiger partial charge in [0.25, 0.3) is 5.91 Å². The molecule has 27 heavy (non-hydrogen) atoms. The average molecular weight is 375 g/mol. The number of para-hydroxylation sites is 1. The lowest BCUT2D eigenvalue weighted by Gasteiger charge is -2.16. The molecule has 6 nitrogen and oxygen atoms in total. The van der Waals surface area contributed by atoms with Crippen LogP contribution in [0, 0.1) is 18.7 Å². The number of methoxy groups -OCH3 is 1. The van der Waals surface area contributed by atoms with Gasteiger partial charge in [-0.05, 0) is 42.7 Å². The molecule has 1 amide bonds. The summed E-state index contributed by atoms with van der Waals surface area (Å²) in [6.07, 6.45) is 0.201. The van der Waals surface area contributed by atoms with Crippen molar-refractivity contribution in [1.29, 1.82) is 0 Å². The van der Waals surface area contributed by atoms with Crippen LogP contribution in [-0.4, -0.2) is 37.2 Å². The van der Waals surface area contributed by atoms with Gasteiger partial charge in [0.2, 0.25) is 0 Å². The Morgan fingerprint density at radius 2 is 1.93 bits per heavy atom. The molecule has 2 N–H and O–H groups in total. The summed E-state index contributed by atoms with van der Waals surface area (Å²) in [5, 5.41) is 11.9. The number of rotatable bonds is 9. The number of ether oxygens (including phenoxy) is 2. The number of carboxylic acid groups (broad SMARTS) is 1. The third kappa shape index (κ3) is 5.99. The molecule has 0 spiro atoms. The predicted molar refractivity (Wildman–Crippen MR) is 97.5 cm³/mol. The zero-order valence-corrected chi connectivity index (χ0v) is 15.2. The Morgan fingerprint density at radius 3 is 2.63 bits per heavy atom. The van der Waals surface area contributed by atoms with Crippen LogP contribution in [0.15, 0.2) is 42.5 Å². The van der Waals surface area contributed by atoms with Crippen molar-refractivity contribution in [1.82, 2.24) is 5.32 Å². The molecule has 2 aromatic rings. The van der Waals surface area contributed by atoms with Crippen LogP contribution >= 0.6 is 0 Å². The summed E-state index contributed by atoms with van der Waals surface area (Å²) in [6.45, 7) is 1.30. The van der Waals surface area contributed by atoms with E-state index in [-0.39, 0.29) is 18.7 Å². The molecule has 0 aliphatic rings. The molecule has 0 aromatic heterocycles. The lowest BCUT2D eigenvalue weighted by Crippen LogP contribution is -2.36. The maximum Gasteiger partial charge on any atom is 0.308 e. The normalized spacial score (nSPS) is 11.5. The molecule has 0 saturated carbocycles. The van der Waals surface area contributed by atoms with Crippen LogP contribution in [-0.2, 0) is 16.0 Å². The minimum absolute atomic E-state index is 0.0195. The quantitative estimate of drug-likeness (QED) is 0.704. The van der Waals surface area contributed by atoms with Crippen molar-refractivity contribution < 1.29 is 28.6 Å². The molecule has 0 saturated heterocycles. The molecular formula is C20H22FNO5. The van der Waals surface area contributed by atoms with Gasteiger partial charge >= 0.3 is 5.97 Å². The van der Waals surface area contributed by atoms with Crippen molar-refractivity contribution in [2.45, 2.75) is 13.3 Å². The van der Waals surface area contributed by atoms with E-state index in [4.69, 9.17) is 9.47 Å². The van der Waals surface area contributed by atoms with Crippen LogP contribution in [0.3, 0.4) is 0 Å². The molecule has 2 aromatic carbocycles. The van der Waals surface area contributed by atoms with Gasteiger partial charge in [0.05, 0.1) is 13.0 Å². The number of aliphatic carboxylic acids is 1. The molecule has 7 heteroatoms. The Bertz CT molecular complexity index is 809. The first kappa shape index (κ1) is 20.2. The number of aryl methyl sites for hydroxylation is 1. The van der Waals surface area contributed by atoms with E-state index >= 15 is 0 Å². The first-order valence-electron chi connectivity index (χ1n) is 8.41. The van der Waals surface area contributed by atoms with Crippen LogP contribution in [0.5, 0.6) is 11.5 Å². The van der Waals surface area contributed by atoms with E-state index in [0.29, 0.717) is 5.75 Å². The van der Waals surface area contributed by atoms with Crippen LogP contribution < -0.4 is 14.8 Å². The minimum Gasteiger partial charge on any atom is -0.496 e. The molecule has 1 atom stereocenters. The van der Waals surface area contributed by atoms with Crippen LogP contribution in [0.4, 0.5) is 4.39 Å². The van der Waals surface area contributed by atoms with Crippen molar-refractivity contribution in [3.63, 3.8) is 0 Å². The summed E-state index contributed by atoms with van der Waals surface area (Å²) in [6, 6.07) is 11.5. The zero-order chi connectivity index (χ0) is 19.8. The molecule has 0 radical (unpaired) electrons. The second kappa shape index (κ2) is 9.56. The van der Waals surface area contributed by atoms with Crippen LogP contribution in [0.2, 0.25) is 0 Å². The molecule has 0 fully saturated rings. The van der Waals surface area contributed by atoms with Crippen LogP contribution in [0.25, 0.3) is 0 Å². The Balaban J connectivity index is 1.90. The highest BCUT2D eigenvalue weighted by Gasteiger charge is 2.21. The van der Waals surface area contributed by atoms with Gasteiger partial charge in [-0.3, -0.25) is 9.59 Å². The third-order valence-corrected chi connectivity index (χ3v) is 4.00. The highest BCUT2D eigenvalue weighted by Crippen LogP contribution is 2.21. The van der Waals surface area contributed by atoms with Gasteiger partial charge < -0.3 is 19.9 Å². The van der Waals surface area contributed by atoms with E-state index < -0.39 is 30.2 Å². The zero-order valence-electron chi connectivity index (χ0n) is 15.2. The minimum atomic E-state index is -1.04. The van der Waals surface area contributed by atoms with Crippen molar-refractivity contribution in [3.05, 3.63) is 59.4 Å². The molecule has 0 aliphatic heterocycles. The Kier molecular flexibility index (Phi) is 7.16. The van der Waals surface area contributed by atoms with Gasteiger partial charge in [0.1, 0.15) is 5.75 Å². The lowest BCUT2D eigenvalue weighted by atomic mass is 9.98. The largest absolute Gasteiger partial charge is 0.496 e. The van der Waals surface area contributed by atoms with Crippen molar-refractivity contribution in [2.75, 3.05) is 20.3 Å². The summed E-state index contributed by atoms with van der Waals surface area (Å²) >= 11 is 0. The fraction of sp³-hybridized carbons (Fsp3) is 0.300. The van der Waals surface area contributed by atoms with Gasteiger partial charge in [-0.15, -0.1) is 0 Å². The van der Waals surface area contributed by atoms with E-state index in [2.05, 4.69) is 5.32 Å². The van der Waals surface area contributed by atoms with E-state index in [1.165, 1.54) is 19.2 Å². The standard InChI is InChI=1S/C20H22FNO5/c1-13-7-8-16(21)18(9-13)27-12-19(23)22-11-15(20(24)25)10-14-5-3-4-6-17(14)26-2/h3-9,15H,10-12H2,1-2H3,(H,22,23)(H,24,25). The maximum absolute atomic E-state index is 13.6. The number of amides is 1. The predicted octanol–water partition coefficient (Wildman–Crippen LogP) is 2.58. The monoisotopic (exact) mass is 375 g/mol. The summed E-state index contributed by atoms with van der Waals surface area (Å²) in [5.41, 5.74) is 1.54. The van der Waals surface area contributed by atoms with Crippen LogP contribution in [0.1, 0.15) is 11.1 Å². The number of halogens is 1. The van der Waals surface area contributed by atoms with Crippen molar-refractivity contribution in [3.8, 4) is 11.5 Å². The Hall–Kier alpha value is -3.09. The lowest BCUT2D eigenvalue weighted by molar-refractivity contribution is -0.141. The van der Waals surface area contributed by atoms with Crippen molar-refractivity contribution in [2.24, 2.45) is 5.92 Å². The van der Waals surface area contributed by atoms with Gasteiger partial charge in [-0.25, -0.2) is 4.39 Å². The number of hydrogen-bond donors (Lipinski definition) is 2. The third-order valence-electron chi connectivity index (χ3n) is 4.00. The number of carbonyl (C=O) groups excluding carboxylic acids is 1. The van der Waals surface area contributed by atoms with Crippen molar-refractivity contribution >= 4 is 11.9 Å². The fourth-order valence-corrected chi connectivity index (χ4v) is 2.54. The fourth-order valence-electron chi connectivity index (χ4n) is 2.54. The number of carboxylic acids is 1. The summed E-state index contributed by atoms with van der Waals surface area (Å²) in [5.74, 6) is -2.38. The second-order valence-corrected chi connectivity index (χ2v) is 6.08. The molecular weight excluding hydrogens is 353 g/mol. The molecule has 144 valence electrons. The highest BCUT2D eigenvalue weighted by molar-refractivity contribution is 5.78. The molecule has 2 rings (SSSR count). The summed E-state index contributed by atoms with van der Waals surface area (Å²) in [7, 11) is 1.51. The molecule has 0 bridgehead atoms. The highest BCUT2D eigenvalue weighted by atomic mass is 19.1. The Morgan fingerprint density at radius 1 is 1.19 bits per heavy atom. The number of nitrogens with one attached hydrogen (secondary N) is 1. The van der Waals surface area contributed by atoms with E-state index in [1.54, 1.807) is 37.3 Å². The number of hydrogen-bond acceptors (Lipinski definition) is 4. The maximum atomic E-state index is 13.6. The van der Waals surface area contributed by atoms with E-state index in [9.17, 15) is 19.1 Å². The van der Waals surface area contributed by atoms with Gasteiger partial charge in [-0.1, -0.05) is 24.3 Å². The first-order chi connectivity index (χ1) is 12.9. The van der Waals surface area contributed by atoms with Gasteiger partial charge in [0.15, 0.2) is 18.2 Å². The molecule has 1 unspecified atom stereocenters. The molecule has 0 aliphatic carbocycles. The van der Waals surface area contributed by atoms with E-state index in [0.717, 1.165) is 11.1 Å². The summed E-state index contributed by atoms with van der Waals surface area (Å²) < 4.78 is 24.0. The Labute approximate surface area is 156 Å². The number of benzene rings is 2. The molecule has 0 heterocycles. The smallest absolute Gasteiger partial charge is 0.308 e. The van der Waals surface area contributed by atoms with E-state index in [1.807, 2.05) is 0 Å². The first-order valence-corrected chi connectivity index (χ1v) is 8.41. The average Bonchev–Trinajstić information content (AvgIpc) is 2.65. The second-order valence-electron chi connectivity index (χ2n) is 6.08. The summed E-state index contributed by atoms with van der Waals surface area (Å²) in [4.78, 5) is 23.4. The van der Waals surface area contributed by atoms with Gasteiger partial charge in [0, 0.05) is 6.54 Å². The van der Waals surface area contributed by atoms with Gasteiger partial charge in [-0.2, -0.15) is 0 Å². The topological polar surface area (TPSA) is 84.9 Å². The SMILES string of the molecule is COc1ccccc1CC(CNC(=O)COc1cc(C)ccc1F)C(=O)O. The number of carbonyl (C=O) groups is 2.